The van der Waals surface area contributed by atoms with Crippen molar-refractivity contribution < 1.29 is 8.42 Å². The third-order valence-corrected chi connectivity index (χ3v) is 4.85. The molecule has 18 heavy (non-hydrogen) atoms. The molecule has 2 aliphatic rings. The van der Waals surface area contributed by atoms with E-state index in [1.807, 2.05) is 30.3 Å². The fraction of sp³-hybridized carbons (Fsp3) is 0.273. The minimum atomic E-state index is -3.28. The Morgan fingerprint density at radius 3 is 2.83 bits per heavy atom. The van der Waals surface area contributed by atoms with Gasteiger partial charge in [-0.25, -0.2) is 13.4 Å². The van der Waals surface area contributed by atoms with Gasteiger partial charge in [0.1, 0.15) is 5.04 Å². The summed E-state index contributed by atoms with van der Waals surface area (Å²) in [5.41, 5.74) is 1.16. The van der Waals surface area contributed by atoms with Crippen molar-refractivity contribution >= 4 is 32.0 Å². The first-order valence-electron chi connectivity index (χ1n) is 5.52. The molecule has 3 rings (SSSR count). The fourth-order valence-electron chi connectivity index (χ4n) is 1.78. The summed E-state index contributed by atoms with van der Waals surface area (Å²) in [6.45, 7) is 0.395. The lowest BCUT2D eigenvalue weighted by Gasteiger charge is -2.17. The van der Waals surface area contributed by atoms with Crippen LogP contribution in [-0.4, -0.2) is 35.9 Å². The number of hydrogen-bond acceptors (Lipinski definition) is 5. The molecule has 0 N–H and O–H groups in total. The normalized spacial score (nSPS) is 21.2. The van der Waals surface area contributed by atoms with E-state index in [1.54, 1.807) is 5.01 Å². The molecule has 7 heteroatoms. The predicted octanol–water partition coefficient (Wildman–Crippen LogP) is 1.29. The number of nitrogens with zero attached hydrogens (tertiary/aromatic N) is 3. The topological polar surface area (TPSA) is 62.1 Å². The predicted molar refractivity (Wildman–Crippen MR) is 73.1 cm³/mol. The van der Waals surface area contributed by atoms with E-state index < -0.39 is 10.0 Å². The van der Waals surface area contributed by atoms with Gasteiger partial charge in [0.2, 0.25) is 5.17 Å². The largest absolute Gasteiger partial charge is 0.257 e. The number of benzene rings is 1. The smallest absolute Gasteiger partial charge is 0.240 e. The Labute approximate surface area is 110 Å². The maximum atomic E-state index is 11.4. The molecule has 0 unspecified atom stereocenters. The number of fused-ring (bicyclic) bond motifs is 1. The molecule has 2 aliphatic heterocycles. The highest BCUT2D eigenvalue weighted by molar-refractivity contribution is 8.27. The molecule has 0 saturated carbocycles. The first-order valence-corrected chi connectivity index (χ1v) is 7.94. The van der Waals surface area contributed by atoms with E-state index in [2.05, 4.69) is 9.50 Å². The van der Waals surface area contributed by atoms with Gasteiger partial charge in [0.15, 0.2) is 0 Å². The summed E-state index contributed by atoms with van der Waals surface area (Å²) in [4.78, 5) is 0. The third-order valence-electron chi connectivity index (χ3n) is 2.64. The van der Waals surface area contributed by atoms with Gasteiger partial charge >= 0.3 is 0 Å². The molecular weight excluding hydrogens is 270 g/mol. The molecule has 1 aromatic rings. The second-order valence-electron chi connectivity index (χ2n) is 4.04. The average molecular weight is 281 g/mol. The van der Waals surface area contributed by atoms with Crippen LogP contribution in [0.3, 0.4) is 0 Å². The third kappa shape index (κ3) is 2.41. The van der Waals surface area contributed by atoms with E-state index in [-0.39, 0.29) is 5.75 Å². The van der Waals surface area contributed by atoms with Crippen LogP contribution in [0.1, 0.15) is 5.56 Å². The van der Waals surface area contributed by atoms with Gasteiger partial charge in [0, 0.05) is 6.42 Å². The van der Waals surface area contributed by atoms with Gasteiger partial charge in [-0.05, 0) is 17.3 Å². The standard InChI is InChI=1S/C11H11N3O2S2/c15-18(16)7-6-14-11(13-18)17-10(12-14)8-9-4-2-1-3-5-9/h1-5H,6-8H2. The van der Waals surface area contributed by atoms with Crippen LogP contribution in [0.2, 0.25) is 0 Å². The van der Waals surface area contributed by atoms with Crippen molar-refractivity contribution in [1.29, 1.82) is 0 Å². The van der Waals surface area contributed by atoms with Crippen molar-refractivity contribution in [2.24, 2.45) is 9.50 Å². The Bertz CT molecular complexity index is 623. The summed E-state index contributed by atoms with van der Waals surface area (Å²) in [5.74, 6) is 0.0409. The van der Waals surface area contributed by atoms with Gasteiger partial charge in [-0.3, -0.25) is 0 Å². The Kier molecular flexibility index (Phi) is 2.87. The van der Waals surface area contributed by atoms with Gasteiger partial charge in [-0.1, -0.05) is 30.3 Å². The number of hydrazone groups is 1. The molecule has 5 nitrogen and oxygen atoms in total. The number of rotatable bonds is 2. The van der Waals surface area contributed by atoms with Crippen molar-refractivity contribution in [3.63, 3.8) is 0 Å². The molecule has 0 atom stereocenters. The minimum Gasteiger partial charge on any atom is -0.240 e. The maximum Gasteiger partial charge on any atom is 0.257 e. The van der Waals surface area contributed by atoms with Crippen LogP contribution in [0.4, 0.5) is 0 Å². The zero-order valence-corrected chi connectivity index (χ0v) is 11.1. The molecule has 0 aliphatic carbocycles. The first-order chi connectivity index (χ1) is 8.62. The van der Waals surface area contributed by atoms with E-state index in [4.69, 9.17) is 0 Å². The summed E-state index contributed by atoms with van der Waals surface area (Å²) < 4.78 is 26.5. The van der Waals surface area contributed by atoms with Gasteiger partial charge in [-0.15, -0.1) is 4.40 Å². The molecule has 0 bridgehead atoms. The summed E-state index contributed by atoms with van der Waals surface area (Å²) in [6, 6.07) is 9.97. The highest BCUT2D eigenvalue weighted by Gasteiger charge is 2.30. The minimum absolute atomic E-state index is 0.0409. The quantitative estimate of drug-likeness (QED) is 0.819. The molecular formula is C11H11N3O2S2. The summed E-state index contributed by atoms with van der Waals surface area (Å²) in [6.07, 6.45) is 0.709. The lowest BCUT2D eigenvalue weighted by Crippen LogP contribution is -2.31. The van der Waals surface area contributed by atoms with Crippen molar-refractivity contribution in [1.82, 2.24) is 5.01 Å². The summed E-state index contributed by atoms with van der Waals surface area (Å²) in [5, 5.41) is 7.42. The SMILES string of the molecule is O=S1(=O)CCN2N=C(Cc3ccccc3)SC2=N1. The van der Waals surface area contributed by atoms with Crippen LogP contribution in [0.5, 0.6) is 0 Å². The Morgan fingerprint density at radius 1 is 1.28 bits per heavy atom. The van der Waals surface area contributed by atoms with Crippen LogP contribution in [0, 0.1) is 0 Å². The Balaban J connectivity index is 1.79. The molecule has 1 aromatic carbocycles. The van der Waals surface area contributed by atoms with Gasteiger partial charge < -0.3 is 0 Å². The number of hydrogen-bond donors (Lipinski definition) is 0. The van der Waals surface area contributed by atoms with Gasteiger partial charge in [-0.2, -0.15) is 5.10 Å². The maximum absolute atomic E-state index is 11.4. The average Bonchev–Trinajstić information content (AvgIpc) is 2.70. The van der Waals surface area contributed by atoms with Gasteiger partial charge in [0.05, 0.1) is 12.3 Å². The Hall–Kier alpha value is -1.34. The van der Waals surface area contributed by atoms with E-state index in [9.17, 15) is 8.42 Å². The van der Waals surface area contributed by atoms with Crippen molar-refractivity contribution in [3.8, 4) is 0 Å². The molecule has 0 radical (unpaired) electrons. The molecule has 2 heterocycles. The number of sulfonamides is 1. The van der Waals surface area contributed by atoms with Gasteiger partial charge in [0.25, 0.3) is 10.0 Å². The van der Waals surface area contributed by atoms with Crippen LogP contribution >= 0.6 is 11.8 Å². The van der Waals surface area contributed by atoms with E-state index >= 15 is 0 Å². The van der Waals surface area contributed by atoms with Crippen molar-refractivity contribution in [2.75, 3.05) is 12.3 Å². The number of amidine groups is 1. The van der Waals surface area contributed by atoms with Crippen LogP contribution in [0.15, 0.2) is 39.8 Å². The second-order valence-corrected chi connectivity index (χ2v) is 6.84. The molecule has 0 fully saturated rings. The molecule has 0 amide bonds. The van der Waals surface area contributed by atoms with E-state index in [0.29, 0.717) is 18.1 Å². The highest BCUT2D eigenvalue weighted by Crippen LogP contribution is 2.26. The Morgan fingerprint density at radius 2 is 2.06 bits per heavy atom. The lowest BCUT2D eigenvalue weighted by atomic mass is 10.2. The molecule has 0 aromatic heterocycles. The zero-order chi connectivity index (χ0) is 12.6. The molecule has 94 valence electrons. The van der Waals surface area contributed by atoms with Crippen LogP contribution < -0.4 is 0 Å². The second kappa shape index (κ2) is 4.40. The lowest BCUT2D eigenvalue weighted by molar-refractivity contribution is 0.473. The molecule has 0 saturated heterocycles. The summed E-state index contributed by atoms with van der Waals surface area (Å²) >= 11 is 1.34. The highest BCUT2D eigenvalue weighted by atomic mass is 32.2. The number of thioether (sulfide) groups is 1. The monoisotopic (exact) mass is 281 g/mol. The van der Waals surface area contributed by atoms with E-state index in [0.717, 1.165) is 10.6 Å². The van der Waals surface area contributed by atoms with Crippen LogP contribution in [0.25, 0.3) is 0 Å². The van der Waals surface area contributed by atoms with E-state index in [1.165, 1.54) is 11.8 Å². The fourth-order valence-corrected chi connectivity index (χ4v) is 3.92. The first kappa shape index (κ1) is 11.7. The summed E-state index contributed by atoms with van der Waals surface area (Å²) in [7, 11) is -3.28. The molecule has 0 spiro atoms. The van der Waals surface area contributed by atoms with Crippen molar-refractivity contribution in [2.45, 2.75) is 6.42 Å². The zero-order valence-electron chi connectivity index (χ0n) is 9.48. The van der Waals surface area contributed by atoms with Crippen LogP contribution in [-0.2, 0) is 16.4 Å². The van der Waals surface area contributed by atoms with Crippen molar-refractivity contribution in [3.05, 3.63) is 35.9 Å².